The number of aromatic nitrogens is 2. The molecule has 1 saturated carbocycles. The minimum atomic E-state index is -3.03. The third kappa shape index (κ3) is 2.87. The van der Waals surface area contributed by atoms with E-state index in [0.29, 0.717) is 18.2 Å². The number of amides is 1. The fraction of sp³-hybridized carbons (Fsp3) is 0.692. The number of carbonyl (C=O) groups is 1. The highest BCUT2D eigenvalue weighted by atomic mass is 32.2. The van der Waals surface area contributed by atoms with Crippen molar-refractivity contribution < 1.29 is 13.2 Å². The number of sulfone groups is 1. The number of rotatable bonds is 3. The molecule has 1 aliphatic carbocycles. The first-order valence-electron chi connectivity index (χ1n) is 7.10. The van der Waals surface area contributed by atoms with Gasteiger partial charge in [-0.05, 0) is 19.3 Å². The van der Waals surface area contributed by atoms with Crippen molar-refractivity contribution in [1.29, 1.82) is 0 Å². The summed E-state index contributed by atoms with van der Waals surface area (Å²) in [5.74, 6) is 0.404. The summed E-state index contributed by atoms with van der Waals surface area (Å²) in [6, 6.07) is 1.87. The second kappa shape index (κ2) is 5.20. The number of anilines is 1. The van der Waals surface area contributed by atoms with Gasteiger partial charge in [0.1, 0.15) is 0 Å². The van der Waals surface area contributed by atoms with Crippen LogP contribution in [-0.2, 0) is 14.6 Å². The normalized spacial score (nSPS) is 25.9. The van der Waals surface area contributed by atoms with Crippen LogP contribution in [0.2, 0.25) is 0 Å². The lowest BCUT2D eigenvalue weighted by Crippen LogP contribution is -2.23. The van der Waals surface area contributed by atoms with E-state index in [4.69, 9.17) is 0 Å². The number of carbonyl (C=O) groups excluding carboxylic acids is 1. The Bertz CT molecular complexity index is 602. The second-order valence-corrected chi connectivity index (χ2v) is 8.01. The second-order valence-electron chi connectivity index (χ2n) is 5.78. The maximum absolute atomic E-state index is 12.0. The standard InChI is InChI=1S/C13H19N3O3S/c17-13(10-5-6-20(18,19)8-10)14-12-7-11(15-16-12)9-3-1-2-4-9/h7,9-10H,1-6,8H2,(H2,14,15,16,17)/t10-/m0/s1. The largest absolute Gasteiger partial charge is 0.309 e. The van der Waals surface area contributed by atoms with Crippen molar-refractivity contribution in [3.63, 3.8) is 0 Å². The van der Waals surface area contributed by atoms with Gasteiger partial charge in [-0.1, -0.05) is 12.8 Å². The van der Waals surface area contributed by atoms with Gasteiger partial charge in [-0.2, -0.15) is 5.10 Å². The summed E-state index contributed by atoms with van der Waals surface area (Å²) in [6.45, 7) is 0. The van der Waals surface area contributed by atoms with Gasteiger partial charge in [-0.15, -0.1) is 0 Å². The first-order valence-corrected chi connectivity index (χ1v) is 8.92. The Hall–Kier alpha value is -1.37. The molecule has 1 amide bonds. The van der Waals surface area contributed by atoms with Gasteiger partial charge < -0.3 is 5.32 Å². The number of H-pyrrole nitrogens is 1. The Morgan fingerprint density at radius 1 is 1.30 bits per heavy atom. The molecule has 0 radical (unpaired) electrons. The molecule has 1 aromatic heterocycles. The average molecular weight is 297 g/mol. The molecule has 2 N–H and O–H groups in total. The van der Waals surface area contributed by atoms with E-state index in [-0.39, 0.29) is 17.4 Å². The Morgan fingerprint density at radius 3 is 2.70 bits per heavy atom. The highest BCUT2D eigenvalue weighted by molar-refractivity contribution is 7.91. The van der Waals surface area contributed by atoms with Crippen LogP contribution in [-0.4, -0.2) is 36.0 Å². The highest BCUT2D eigenvalue weighted by Crippen LogP contribution is 2.33. The molecular weight excluding hydrogens is 278 g/mol. The highest BCUT2D eigenvalue weighted by Gasteiger charge is 2.33. The van der Waals surface area contributed by atoms with Crippen molar-refractivity contribution in [1.82, 2.24) is 10.2 Å². The van der Waals surface area contributed by atoms with Gasteiger partial charge in [-0.25, -0.2) is 8.42 Å². The summed E-state index contributed by atoms with van der Waals surface area (Å²) in [5, 5.41) is 9.80. The van der Waals surface area contributed by atoms with E-state index in [0.717, 1.165) is 18.5 Å². The fourth-order valence-electron chi connectivity index (χ4n) is 3.08. The SMILES string of the molecule is O=C(Nc1cc(C2CCCC2)[nH]n1)[C@H]1CCS(=O)(=O)C1. The molecule has 2 fully saturated rings. The molecular formula is C13H19N3O3S. The zero-order chi connectivity index (χ0) is 14.2. The van der Waals surface area contributed by atoms with Crippen LogP contribution in [0.1, 0.15) is 43.7 Å². The Labute approximate surface area is 118 Å². The summed E-state index contributed by atoms with van der Waals surface area (Å²) >= 11 is 0. The van der Waals surface area contributed by atoms with Crippen molar-refractivity contribution in [2.75, 3.05) is 16.8 Å². The van der Waals surface area contributed by atoms with Crippen LogP contribution in [0.4, 0.5) is 5.82 Å². The maximum Gasteiger partial charge on any atom is 0.229 e. The molecule has 1 saturated heterocycles. The minimum Gasteiger partial charge on any atom is -0.309 e. The number of aromatic amines is 1. The number of nitrogens with zero attached hydrogens (tertiary/aromatic N) is 1. The number of nitrogens with one attached hydrogen (secondary N) is 2. The van der Waals surface area contributed by atoms with Crippen LogP contribution in [0.25, 0.3) is 0 Å². The minimum absolute atomic E-state index is 0.0429. The number of hydrogen-bond acceptors (Lipinski definition) is 4. The van der Waals surface area contributed by atoms with Gasteiger partial charge in [0.2, 0.25) is 5.91 Å². The molecule has 1 atom stereocenters. The third-order valence-electron chi connectivity index (χ3n) is 4.25. The molecule has 7 heteroatoms. The van der Waals surface area contributed by atoms with Gasteiger partial charge >= 0.3 is 0 Å². The van der Waals surface area contributed by atoms with Crippen molar-refractivity contribution in [3.05, 3.63) is 11.8 Å². The Balaban J connectivity index is 1.62. The molecule has 20 heavy (non-hydrogen) atoms. The summed E-state index contributed by atoms with van der Waals surface area (Å²) < 4.78 is 22.7. The van der Waals surface area contributed by atoms with Crippen molar-refractivity contribution in [2.45, 2.75) is 38.0 Å². The summed E-state index contributed by atoms with van der Waals surface area (Å²) in [7, 11) is -3.03. The van der Waals surface area contributed by atoms with E-state index < -0.39 is 15.8 Å². The molecule has 1 aromatic rings. The lowest BCUT2D eigenvalue weighted by Gasteiger charge is -2.06. The van der Waals surface area contributed by atoms with E-state index in [1.54, 1.807) is 0 Å². The van der Waals surface area contributed by atoms with Crippen LogP contribution < -0.4 is 5.32 Å². The maximum atomic E-state index is 12.0. The monoisotopic (exact) mass is 297 g/mol. The van der Waals surface area contributed by atoms with E-state index in [1.807, 2.05) is 6.07 Å². The van der Waals surface area contributed by atoms with Gasteiger partial charge in [0.25, 0.3) is 0 Å². The summed E-state index contributed by atoms with van der Waals surface area (Å²) in [5.41, 5.74) is 1.07. The first-order chi connectivity index (χ1) is 9.53. The molecule has 0 aromatic carbocycles. The molecule has 110 valence electrons. The van der Waals surface area contributed by atoms with Crippen LogP contribution in [0.15, 0.2) is 6.07 Å². The molecule has 3 rings (SSSR count). The zero-order valence-corrected chi connectivity index (χ0v) is 12.1. The van der Waals surface area contributed by atoms with E-state index >= 15 is 0 Å². The van der Waals surface area contributed by atoms with Crippen LogP contribution >= 0.6 is 0 Å². The molecule has 6 nitrogen and oxygen atoms in total. The predicted octanol–water partition coefficient (Wildman–Crippen LogP) is 1.44. The molecule has 0 unspecified atom stereocenters. The Kier molecular flexibility index (Phi) is 3.54. The topological polar surface area (TPSA) is 91.9 Å². The summed E-state index contributed by atoms with van der Waals surface area (Å²) in [4.78, 5) is 12.0. The van der Waals surface area contributed by atoms with Gasteiger partial charge in [0.05, 0.1) is 17.4 Å². The first kappa shape index (κ1) is 13.6. The summed E-state index contributed by atoms with van der Waals surface area (Å²) in [6.07, 6.45) is 5.22. The molecule has 2 aliphatic rings. The van der Waals surface area contributed by atoms with Gasteiger partial charge in [0.15, 0.2) is 15.7 Å². The smallest absolute Gasteiger partial charge is 0.229 e. The van der Waals surface area contributed by atoms with Crippen molar-refractivity contribution in [2.24, 2.45) is 5.92 Å². The Morgan fingerprint density at radius 2 is 2.05 bits per heavy atom. The van der Waals surface area contributed by atoms with Crippen LogP contribution in [0.5, 0.6) is 0 Å². The fourth-order valence-corrected chi connectivity index (χ4v) is 4.82. The molecule has 0 spiro atoms. The predicted molar refractivity (Wildman–Crippen MR) is 75.2 cm³/mol. The van der Waals surface area contributed by atoms with Crippen LogP contribution in [0.3, 0.4) is 0 Å². The third-order valence-corrected chi connectivity index (χ3v) is 6.02. The number of hydrogen-bond donors (Lipinski definition) is 2. The lowest BCUT2D eigenvalue weighted by atomic mass is 10.0. The molecule has 1 aliphatic heterocycles. The van der Waals surface area contributed by atoms with Gasteiger partial charge in [-0.3, -0.25) is 9.89 Å². The van der Waals surface area contributed by atoms with Crippen LogP contribution in [0, 0.1) is 5.92 Å². The van der Waals surface area contributed by atoms with E-state index in [2.05, 4.69) is 15.5 Å². The average Bonchev–Trinajstić information content (AvgIpc) is 3.07. The lowest BCUT2D eigenvalue weighted by molar-refractivity contribution is -0.119. The quantitative estimate of drug-likeness (QED) is 0.883. The zero-order valence-electron chi connectivity index (χ0n) is 11.3. The molecule has 2 heterocycles. The molecule has 0 bridgehead atoms. The van der Waals surface area contributed by atoms with E-state index in [1.165, 1.54) is 12.8 Å². The van der Waals surface area contributed by atoms with Gasteiger partial charge in [0, 0.05) is 17.7 Å². The van der Waals surface area contributed by atoms with Crippen molar-refractivity contribution >= 4 is 21.6 Å². The van der Waals surface area contributed by atoms with Crippen molar-refractivity contribution in [3.8, 4) is 0 Å². The van der Waals surface area contributed by atoms with E-state index in [9.17, 15) is 13.2 Å².